The van der Waals surface area contributed by atoms with Gasteiger partial charge in [0.25, 0.3) is 5.91 Å². The average molecular weight is 287 g/mol. The molecule has 0 saturated heterocycles. The molecule has 0 radical (unpaired) electrons. The van der Waals surface area contributed by atoms with Crippen LogP contribution < -0.4 is 5.32 Å². The first kappa shape index (κ1) is 12.6. The van der Waals surface area contributed by atoms with Crippen molar-refractivity contribution in [2.75, 3.05) is 0 Å². The molecule has 7 heteroatoms. The topological polar surface area (TPSA) is 85.8 Å². The molecule has 1 amide bonds. The van der Waals surface area contributed by atoms with Crippen molar-refractivity contribution in [3.8, 4) is 0 Å². The summed E-state index contributed by atoms with van der Waals surface area (Å²) in [5.41, 5.74) is 0. The van der Waals surface area contributed by atoms with Crippen LogP contribution >= 0.6 is 0 Å². The van der Waals surface area contributed by atoms with Gasteiger partial charge in [-0.1, -0.05) is 0 Å². The Balaban J connectivity index is 1.43. The highest BCUT2D eigenvalue weighted by molar-refractivity contribution is 5.91. The highest BCUT2D eigenvalue weighted by Crippen LogP contribution is 2.39. The summed E-state index contributed by atoms with van der Waals surface area (Å²) in [6.07, 6.45) is 7.78. The van der Waals surface area contributed by atoms with Crippen LogP contribution in [0.1, 0.15) is 53.8 Å². The summed E-state index contributed by atoms with van der Waals surface area (Å²) in [4.78, 5) is 15.8. The Hall–Kier alpha value is -2.18. The molecule has 3 heterocycles. The van der Waals surface area contributed by atoms with E-state index in [4.69, 9.17) is 4.42 Å². The van der Waals surface area contributed by atoms with E-state index in [0.29, 0.717) is 5.92 Å². The number of carbonyl (C=O) groups excluding carboxylic acids is 1. The van der Waals surface area contributed by atoms with Gasteiger partial charge < -0.3 is 14.3 Å². The van der Waals surface area contributed by atoms with Gasteiger partial charge in [-0.3, -0.25) is 4.79 Å². The Morgan fingerprint density at radius 1 is 1.29 bits per heavy atom. The maximum atomic E-state index is 12.0. The molecular formula is C14H17N5O2. The molecule has 0 aromatic carbocycles. The first-order chi connectivity index (χ1) is 10.3. The smallest absolute Gasteiger partial charge is 0.288 e. The number of rotatable bonds is 3. The molecule has 2 aromatic heterocycles. The number of amides is 1. The summed E-state index contributed by atoms with van der Waals surface area (Å²) in [5.74, 6) is 2.85. The van der Waals surface area contributed by atoms with Crippen LogP contribution in [0.3, 0.4) is 0 Å². The number of fused-ring (bicyclic) bond motifs is 1. The molecule has 1 unspecified atom stereocenters. The average Bonchev–Trinajstić information content (AvgIpc) is 3.09. The lowest BCUT2D eigenvalue weighted by Gasteiger charge is -2.15. The normalized spacial score (nSPS) is 21.6. The molecule has 1 aliphatic heterocycles. The first-order valence-electron chi connectivity index (χ1n) is 7.42. The molecule has 1 fully saturated rings. The molecule has 110 valence electrons. The van der Waals surface area contributed by atoms with Crippen LogP contribution in [0.15, 0.2) is 17.0 Å². The third-order valence-electron chi connectivity index (χ3n) is 4.21. The van der Waals surface area contributed by atoms with Crippen molar-refractivity contribution in [2.45, 2.75) is 50.6 Å². The molecule has 2 aromatic rings. The number of oxazole rings is 1. The van der Waals surface area contributed by atoms with Crippen LogP contribution in [0, 0.1) is 0 Å². The van der Waals surface area contributed by atoms with E-state index in [1.54, 1.807) is 0 Å². The van der Waals surface area contributed by atoms with Gasteiger partial charge in [0.2, 0.25) is 5.76 Å². The highest BCUT2D eigenvalue weighted by Gasteiger charge is 2.31. The summed E-state index contributed by atoms with van der Waals surface area (Å²) >= 11 is 0. The van der Waals surface area contributed by atoms with E-state index >= 15 is 0 Å². The van der Waals surface area contributed by atoms with Crippen LogP contribution in [0.2, 0.25) is 0 Å². The van der Waals surface area contributed by atoms with Crippen molar-refractivity contribution in [1.82, 2.24) is 25.1 Å². The van der Waals surface area contributed by atoms with Crippen LogP contribution in [0.5, 0.6) is 0 Å². The van der Waals surface area contributed by atoms with E-state index in [0.717, 1.165) is 37.5 Å². The quantitative estimate of drug-likeness (QED) is 0.919. The lowest BCUT2D eigenvalue weighted by Crippen LogP contribution is -2.35. The second kappa shape index (κ2) is 4.98. The summed E-state index contributed by atoms with van der Waals surface area (Å²) in [6.45, 7) is 0.871. The van der Waals surface area contributed by atoms with Gasteiger partial charge in [0.1, 0.15) is 11.6 Å². The molecule has 21 heavy (non-hydrogen) atoms. The molecule has 1 atom stereocenters. The SMILES string of the molecule is O=C(NC1CCc2nnc(C3CC3)n2CC1)c1cnco1. The highest BCUT2D eigenvalue weighted by atomic mass is 16.3. The first-order valence-corrected chi connectivity index (χ1v) is 7.42. The fourth-order valence-corrected chi connectivity index (χ4v) is 2.88. The number of nitrogens with one attached hydrogen (secondary N) is 1. The molecule has 1 aliphatic carbocycles. The lowest BCUT2D eigenvalue weighted by molar-refractivity contribution is 0.0905. The van der Waals surface area contributed by atoms with Gasteiger partial charge in [-0.05, 0) is 25.7 Å². The minimum atomic E-state index is -0.197. The van der Waals surface area contributed by atoms with E-state index < -0.39 is 0 Å². The number of carbonyl (C=O) groups is 1. The van der Waals surface area contributed by atoms with E-state index in [-0.39, 0.29) is 17.7 Å². The molecule has 1 N–H and O–H groups in total. The fraction of sp³-hybridized carbons (Fsp3) is 0.571. The van der Waals surface area contributed by atoms with Crippen molar-refractivity contribution in [2.24, 2.45) is 0 Å². The second-order valence-electron chi connectivity index (χ2n) is 5.76. The van der Waals surface area contributed by atoms with E-state index in [2.05, 4.69) is 25.1 Å². The van der Waals surface area contributed by atoms with E-state index in [9.17, 15) is 4.79 Å². The van der Waals surface area contributed by atoms with E-state index in [1.165, 1.54) is 25.4 Å². The van der Waals surface area contributed by atoms with Gasteiger partial charge in [-0.25, -0.2) is 4.98 Å². The van der Waals surface area contributed by atoms with Gasteiger partial charge in [0.15, 0.2) is 6.39 Å². The third-order valence-corrected chi connectivity index (χ3v) is 4.21. The molecule has 4 rings (SSSR count). The number of nitrogens with zero attached hydrogens (tertiary/aromatic N) is 4. The summed E-state index contributed by atoms with van der Waals surface area (Å²) in [7, 11) is 0. The molecule has 1 saturated carbocycles. The van der Waals surface area contributed by atoms with Crippen molar-refractivity contribution in [3.05, 3.63) is 30.0 Å². The number of hydrogen-bond donors (Lipinski definition) is 1. The molecular weight excluding hydrogens is 270 g/mol. The fourth-order valence-electron chi connectivity index (χ4n) is 2.88. The van der Waals surface area contributed by atoms with Gasteiger partial charge in [0, 0.05) is 24.9 Å². The molecule has 2 aliphatic rings. The Kier molecular flexibility index (Phi) is 2.98. The van der Waals surface area contributed by atoms with E-state index in [1.807, 2.05) is 0 Å². The number of aromatic nitrogens is 4. The van der Waals surface area contributed by atoms with Crippen LogP contribution in [0.25, 0.3) is 0 Å². The number of aryl methyl sites for hydroxylation is 1. The van der Waals surface area contributed by atoms with Crippen LogP contribution in [-0.4, -0.2) is 31.7 Å². The van der Waals surface area contributed by atoms with Crippen LogP contribution in [-0.2, 0) is 13.0 Å². The number of hydrogen-bond acceptors (Lipinski definition) is 5. The Morgan fingerprint density at radius 2 is 2.19 bits per heavy atom. The summed E-state index contributed by atoms with van der Waals surface area (Å²) in [5, 5.41) is 11.7. The summed E-state index contributed by atoms with van der Waals surface area (Å²) in [6, 6.07) is 0.136. The van der Waals surface area contributed by atoms with Gasteiger partial charge in [-0.2, -0.15) is 0 Å². The standard InChI is InChI=1S/C14H17N5O2/c20-14(11-7-15-8-21-11)16-10-3-4-12-17-18-13(9-1-2-9)19(12)6-5-10/h7-10H,1-6H2,(H,16,20). The van der Waals surface area contributed by atoms with Crippen molar-refractivity contribution in [3.63, 3.8) is 0 Å². The predicted molar refractivity (Wildman–Crippen MR) is 72.7 cm³/mol. The zero-order valence-corrected chi connectivity index (χ0v) is 11.7. The van der Waals surface area contributed by atoms with Crippen molar-refractivity contribution < 1.29 is 9.21 Å². The molecule has 7 nitrogen and oxygen atoms in total. The van der Waals surface area contributed by atoms with Crippen molar-refractivity contribution in [1.29, 1.82) is 0 Å². The Morgan fingerprint density at radius 3 is 2.95 bits per heavy atom. The van der Waals surface area contributed by atoms with Crippen molar-refractivity contribution >= 4 is 5.91 Å². The van der Waals surface area contributed by atoms with Gasteiger partial charge in [0.05, 0.1) is 6.20 Å². The maximum absolute atomic E-state index is 12.0. The Bertz CT molecular complexity index is 644. The van der Waals surface area contributed by atoms with Gasteiger partial charge >= 0.3 is 0 Å². The van der Waals surface area contributed by atoms with Crippen LogP contribution in [0.4, 0.5) is 0 Å². The minimum Gasteiger partial charge on any atom is -0.438 e. The zero-order chi connectivity index (χ0) is 14.2. The minimum absolute atomic E-state index is 0.136. The lowest BCUT2D eigenvalue weighted by atomic mass is 10.1. The monoisotopic (exact) mass is 287 g/mol. The Labute approximate surface area is 121 Å². The van der Waals surface area contributed by atoms with Gasteiger partial charge in [-0.15, -0.1) is 10.2 Å². The second-order valence-corrected chi connectivity index (χ2v) is 5.76. The zero-order valence-electron chi connectivity index (χ0n) is 11.7. The largest absolute Gasteiger partial charge is 0.438 e. The summed E-state index contributed by atoms with van der Waals surface area (Å²) < 4.78 is 7.27. The predicted octanol–water partition coefficient (Wildman–Crippen LogP) is 1.28. The molecule has 0 spiro atoms. The molecule has 0 bridgehead atoms. The maximum Gasteiger partial charge on any atom is 0.288 e. The third kappa shape index (κ3) is 2.43.